The summed E-state index contributed by atoms with van der Waals surface area (Å²) in [7, 11) is 0. The normalized spacial score (nSPS) is 27.6. The van der Waals surface area contributed by atoms with Gasteiger partial charge in [0.1, 0.15) is 17.2 Å². The molecule has 9 heteroatoms. The minimum absolute atomic E-state index is 0.00936. The third-order valence-corrected chi connectivity index (χ3v) is 7.25. The Labute approximate surface area is 207 Å². The molecule has 6 nitrogen and oxygen atoms in total. The number of rotatable bonds is 7. The first-order valence-electron chi connectivity index (χ1n) is 11.2. The Hall–Kier alpha value is -2.78. The summed E-state index contributed by atoms with van der Waals surface area (Å²) in [4.78, 5) is 12.4. The van der Waals surface area contributed by atoms with Crippen molar-refractivity contribution in [1.82, 2.24) is 0 Å². The first-order chi connectivity index (χ1) is 16.6. The van der Waals surface area contributed by atoms with Gasteiger partial charge in [-0.1, -0.05) is 54.9 Å². The summed E-state index contributed by atoms with van der Waals surface area (Å²) >= 11 is 6.47. The quantitative estimate of drug-likeness (QED) is 0.532. The third kappa shape index (κ3) is 3.94. The molecule has 186 valence electrons. The Morgan fingerprint density at radius 1 is 1.31 bits per heavy atom. The topological polar surface area (TPSA) is 108 Å². The zero-order valence-corrected chi connectivity index (χ0v) is 20.1. The smallest absolute Gasteiger partial charge is 0.249 e. The molecule has 5 N–H and O–H groups in total. The van der Waals surface area contributed by atoms with Crippen molar-refractivity contribution in [2.45, 2.75) is 37.1 Å². The number of fused-ring (bicyclic) bond motifs is 1. The number of hydrogen-bond donors (Lipinski definition) is 3. The fraction of sp³-hybridized carbons (Fsp3) is 0.346. The summed E-state index contributed by atoms with van der Waals surface area (Å²) in [6.45, 7) is 2.85. The lowest BCUT2D eigenvalue weighted by molar-refractivity contribution is -0.114. The molecule has 2 aromatic rings. The average molecular weight is 505 g/mol. The van der Waals surface area contributed by atoms with Crippen molar-refractivity contribution in [2.24, 2.45) is 11.5 Å². The van der Waals surface area contributed by atoms with Gasteiger partial charge in [0, 0.05) is 40.8 Å². The van der Waals surface area contributed by atoms with E-state index in [-0.39, 0.29) is 47.2 Å². The fourth-order valence-electron chi connectivity index (χ4n) is 4.99. The van der Waals surface area contributed by atoms with Crippen molar-refractivity contribution in [3.63, 3.8) is 0 Å². The lowest BCUT2D eigenvalue weighted by Crippen LogP contribution is -2.43. The molecule has 2 aromatic carbocycles. The van der Waals surface area contributed by atoms with Gasteiger partial charge in [-0.3, -0.25) is 4.79 Å². The molecule has 1 heterocycles. The largest absolute Gasteiger partial charge is 0.480 e. The number of carbonyl (C=O) groups excluding carboxylic acids is 1. The molecule has 2 unspecified atom stereocenters. The van der Waals surface area contributed by atoms with Crippen LogP contribution < -0.4 is 16.2 Å². The first kappa shape index (κ1) is 25.3. The molecule has 1 amide bonds. The van der Waals surface area contributed by atoms with Crippen LogP contribution in [0.5, 0.6) is 5.75 Å². The summed E-state index contributed by atoms with van der Waals surface area (Å²) in [5, 5.41) is 8.83. The van der Waals surface area contributed by atoms with Crippen LogP contribution in [0.1, 0.15) is 36.5 Å². The van der Waals surface area contributed by atoms with Crippen LogP contribution in [0, 0.1) is 5.82 Å². The van der Waals surface area contributed by atoms with E-state index < -0.39 is 35.0 Å². The van der Waals surface area contributed by atoms with Crippen molar-refractivity contribution < 1.29 is 28.2 Å². The monoisotopic (exact) mass is 504 g/mol. The summed E-state index contributed by atoms with van der Waals surface area (Å²) < 4.78 is 43.3. The van der Waals surface area contributed by atoms with E-state index in [4.69, 9.17) is 32.5 Å². The molecular weight excluding hydrogens is 478 g/mol. The highest BCUT2D eigenvalue weighted by molar-refractivity contribution is 6.33. The van der Waals surface area contributed by atoms with Crippen LogP contribution in [0.2, 0.25) is 5.02 Å². The van der Waals surface area contributed by atoms with Gasteiger partial charge in [0.05, 0.1) is 18.2 Å². The fourth-order valence-corrected chi connectivity index (χ4v) is 5.25. The molecule has 0 spiro atoms. The second-order valence-electron chi connectivity index (χ2n) is 8.89. The van der Waals surface area contributed by atoms with Gasteiger partial charge in [-0.25, -0.2) is 8.78 Å². The number of ether oxygens (including phenoxy) is 2. The predicted octanol–water partition coefficient (Wildman–Crippen LogP) is 3.74. The van der Waals surface area contributed by atoms with Gasteiger partial charge < -0.3 is 26.0 Å². The van der Waals surface area contributed by atoms with Crippen LogP contribution in [-0.4, -0.2) is 42.5 Å². The Kier molecular flexibility index (Phi) is 6.76. The number of carbonyl (C=O) groups is 1. The van der Waals surface area contributed by atoms with Crippen LogP contribution in [0.3, 0.4) is 0 Å². The van der Waals surface area contributed by atoms with E-state index >= 15 is 8.78 Å². The number of nitrogens with two attached hydrogens (primary N) is 2. The van der Waals surface area contributed by atoms with E-state index in [0.717, 1.165) is 11.6 Å². The van der Waals surface area contributed by atoms with Crippen LogP contribution in [-0.2, 0) is 15.1 Å². The molecule has 0 saturated heterocycles. The average Bonchev–Trinajstić information content (AvgIpc) is 3.13. The number of hydrogen-bond acceptors (Lipinski definition) is 5. The van der Waals surface area contributed by atoms with Crippen LogP contribution in [0.4, 0.5) is 8.78 Å². The van der Waals surface area contributed by atoms with Gasteiger partial charge in [-0.2, -0.15) is 0 Å². The molecule has 0 aromatic heterocycles. The van der Waals surface area contributed by atoms with Crippen LogP contribution in [0.25, 0.3) is 5.57 Å². The van der Waals surface area contributed by atoms with Crippen molar-refractivity contribution in [1.29, 1.82) is 0 Å². The first-order valence-corrected chi connectivity index (χ1v) is 11.6. The van der Waals surface area contributed by atoms with Crippen molar-refractivity contribution in [3.05, 3.63) is 81.7 Å². The predicted molar refractivity (Wildman–Crippen MR) is 129 cm³/mol. The number of alkyl halides is 1. The molecule has 1 aliphatic carbocycles. The SMILES string of the molecule is C[C@H]1c2c(cc(F)c(Cl)c2C2=C(C(N)=O)C=CC(C)(OCCO)C2F)O[C@]1(CN)c1ccccc1. The molecule has 1 aliphatic heterocycles. The maximum Gasteiger partial charge on any atom is 0.249 e. The summed E-state index contributed by atoms with van der Waals surface area (Å²) in [6.07, 6.45) is 0.743. The van der Waals surface area contributed by atoms with E-state index in [0.29, 0.717) is 5.56 Å². The van der Waals surface area contributed by atoms with Crippen LogP contribution in [0.15, 0.2) is 54.1 Å². The van der Waals surface area contributed by atoms with Gasteiger partial charge in [-0.05, 0) is 18.6 Å². The molecule has 0 radical (unpaired) electrons. The Balaban J connectivity index is 1.98. The molecule has 0 bridgehead atoms. The number of aliphatic hydroxyl groups excluding tert-OH is 1. The molecule has 0 saturated carbocycles. The molecule has 2 aliphatic rings. The van der Waals surface area contributed by atoms with Gasteiger partial charge in [0.25, 0.3) is 0 Å². The summed E-state index contributed by atoms with van der Waals surface area (Å²) in [5.41, 5.74) is 9.99. The number of halogens is 3. The van der Waals surface area contributed by atoms with Crippen molar-refractivity contribution in [3.8, 4) is 5.75 Å². The second kappa shape index (κ2) is 9.35. The lowest BCUT2D eigenvalue weighted by atomic mass is 9.74. The van der Waals surface area contributed by atoms with Crippen LogP contribution >= 0.6 is 11.6 Å². The van der Waals surface area contributed by atoms with E-state index in [1.165, 1.54) is 19.1 Å². The number of benzene rings is 2. The minimum Gasteiger partial charge on any atom is -0.480 e. The Bertz CT molecular complexity index is 1220. The molecule has 0 fully saturated rings. The van der Waals surface area contributed by atoms with Gasteiger partial charge in [-0.15, -0.1) is 0 Å². The van der Waals surface area contributed by atoms with E-state index in [1.54, 1.807) is 0 Å². The number of amides is 1. The molecule has 4 atom stereocenters. The second-order valence-corrected chi connectivity index (χ2v) is 9.26. The highest BCUT2D eigenvalue weighted by Crippen LogP contribution is 2.56. The standard InChI is InChI=1S/C26H27ClF2N2O4/c1-14-19-18(35-26(14,13-30)15-6-4-3-5-7-15)12-17(28)22(27)21(19)20-16(24(31)33)8-9-25(2,23(20)29)34-11-10-32/h3-9,12,14,23,32H,10-11,13,30H2,1-2H3,(H2,31,33)/t14-,23?,25?,26-/m0/s1. The summed E-state index contributed by atoms with van der Waals surface area (Å²) in [5.74, 6) is -2.09. The maximum absolute atomic E-state index is 16.3. The Morgan fingerprint density at radius 3 is 2.60 bits per heavy atom. The zero-order chi connectivity index (χ0) is 25.5. The van der Waals surface area contributed by atoms with Gasteiger partial charge >= 0.3 is 0 Å². The highest BCUT2D eigenvalue weighted by atomic mass is 35.5. The molecule has 4 rings (SSSR count). The lowest BCUT2D eigenvalue weighted by Gasteiger charge is -2.36. The number of aliphatic hydroxyl groups is 1. The van der Waals surface area contributed by atoms with E-state index in [1.807, 2.05) is 37.3 Å². The van der Waals surface area contributed by atoms with Crippen molar-refractivity contribution >= 4 is 23.1 Å². The van der Waals surface area contributed by atoms with Gasteiger partial charge in [0.2, 0.25) is 5.91 Å². The van der Waals surface area contributed by atoms with Gasteiger partial charge in [0.15, 0.2) is 11.8 Å². The highest BCUT2D eigenvalue weighted by Gasteiger charge is 2.51. The minimum atomic E-state index is -1.96. The third-order valence-electron chi connectivity index (χ3n) is 6.88. The van der Waals surface area contributed by atoms with Crippen molar-refractivity contribution in [2.75, 3.05) is 19.8 Å². The molecular formula is C26H27ClF2N2O4. The maximum atomic E-state index is 16.3. The summed E-state index contributed by atoms with van der Waals surface area (Å²) in [6, 6.07) is 10.4. The number of primary amides is 1. The van der Waals surface area contributed by atoms with E-state index in [9.17, 15) is 9.90 Å². The molecule has 35 heavy (non-hydrogen) atoms. The zero-order valence-electron chi connectivity index (χ0n) is 19.4. The Morgan fingerprint density at radius 2 is 2.00 bits per heavy atom. The van der Waals surface area contributed by atoms with E-state index in [2.05, 4.69) is 0 Å².